The molecule has 1 saturated heterocycles. The molecule has 2 amide bonds. The zero-order valence-electron chi connectivity index (χ0n) is 15.7. The van der Waals surface area contributed by atoms with Crippen LogP contribution in [0.2, 0.25) is 0 Å². The summed E-state index contributed by atoms with van der Waals surface area (Å²) < 4.78 is 0. The standard InChI is InChI=1S/C22H26N2O2/c1-16-9-10-17(2)20(15-16)24-14-13-23(18(3)22(24)26)21(25)12-11-19-7-5-4-6-8-19/h4-10,15,18H,11-14H2,1-3H3/t18-/m1/s1. The SMILES string of the molecule is Cc1ccc(C)c(N2CCN(C(=O)CCc3ccccc3)[C@H](C)C2=O)c1. The number of rotatable bonds is 4. The number of piperazine rings is 1. The van der Waals surface area contributed by atoms with Gasteiger partial charge in [0.05, 0.1) is 0 Å². The minimum Gasteiger partial charge on any atom is -0.329 e. The zero-order valence-corrected chi connectivity index (χ0v) is 15.7. The molecule has 0 N–H and O–H groups in total. The Morgan fingerprint density at radius 1 is 1.08 bits per heavy atom. The molecule has 2 aromatic carbocycles. The van der Waals surface area contributed by atoms with Gasteiger partial charge in [-0.3, -0.25) is 9.59 Å². The van der Waals surface area contributed by atoms with Crippen molar-refractivity contribution in [2.75, 3.05) is 18.0 Å². The van der Waals surface area contributed by atoms with Gasteiger partial charge in [0.15, 0.2) is 0 Å². The Labute approximate surface area is 155 Å². The maximum Gasteiger partial charge on any atom is 0.249 e. The van der Waals surface area contributed by atoms with Crippen molar-refractivity contribution in [1.29, 1.82) is 0 Å². The Morgan fingerprint density at radius 3 is 2.54 bits per heavy atom. The largest absolute Gasteiger partial charge is 0.329 e. The van der Waals surface area contributed by atoms with Gasteiger partial charge in [0, 0.05) is 25.2 Å². The molecule has 4 heteroatoms. The highest BCUT2D eigenvalue weighted by Crippen LogP contribution is 2.25. The number of hydrogen-bond acceptors (Lipinski definition) is 2. The van der Waals surface area contributed by atoms with Crippen molar-refractivity contribution >= 4 is 17.5 Å². The van der Waals surface area contributed by atoms with Gasteiger partial charge in [-0.15, -0.1) is 0 Å². The van der Waals surface area contributed by atoms with Crippen LogP contribution in [0.1, 0.15) is 30.0 Å². The molecule has 1 aliphatic rings. The van der Waals surface area contributed by atoms with E-state index in [1.165, 1.54) is 0 Å². The molecular formula is C22H26N2O2. The van der Waals surface area contributed by atoms with Crippen molar-refractivity contribution in [3.8, 4) is 0 Å². The number of hydrogen-bond donors (Lipinski definition) is 0. The molecule has 2 aromatic rings. The fraction of sp³-hybridized carbons (Fsp3) is 0.364. The molecule has 1 aliphatic heterocycles. The summed E-state index contributed by atoms with van der Waals surface area (Å²) in [5.74, 6) is 0.0494. The molecule has 0 saturated carbocycles. The van der Waals surface area contributed by atoms with Gasteiger partial charge in [0.25, 0.3) is 0 Å². The molecule has 3 rings (SSSR count). The molecule has 0 bridgehead atoms. The van der Waals surface area contributed by atoms with Gasteiger partial charge in [0.2, 0.25) is 11.8 Å². The molecule has 4 nitrogen and oxygen atoms in total. The third-order valence-corrected chi connectivity index (χ3v) is 5.10. The molecule has 26 heavy (non-hydrogen) atoms. The number of aryl methyl sites for hydroxylation is 3. The number of carbonyl (C=O) groups excluding carboxylic acids is 2. The second-order valence-electron chi connectivity index (χ2n) is 7.03. The summed E-state index contributed by atoms with van der Waals surface area (Å²) in [6.45, 7) is 7.00. The number of carbonyl (C=O) groups is 2. The fourth-order valence-electron chi connectivity index (χ4n) is 3.50. The van der Waals surface area contributed by atoms with Crippen LogP contribution in [-0.2, 0) is 16.0 Å². The van der Waals surface area contributed by atoms with Crippen LogP contribution in [0.3, 0.4) is 0 Å². The van der Waals surface area contributed by atoms with Crippen molar-refractivity contribution in [2.45, 2.75) is 39.7 Å². The summed E-state index contributed by atoms with van der Waals surface area (Å²) in [7, 11) is 0. The highest BCUT2D eigenvalue weighted by atomic mass is 16.2. The molecule has 0 spiro atoms. The third kappa shape index (κ3) is 3.79. The Kier molecular flexibility index (Phi) is 5.40. The van der Waals surface area contributed by atoms with Crippen molar-refractivity contribution in [3.05, 3.63) is 65.2 Å². The maximum atomic E-state index is 12.9. The fourth-order valence-corrected chi connectivity index (χ4v) is 3.50. The first kappa shape index (κ1) is 18.2. The first-order chi connectivity index (χ1) is 12.5. The molecule has 0 unspecified atom stereocenters. The van der Waals surface area contributed by atoms with E-state index in [4.69, 9.17) is 0 Å². The molecule has 0 aromatic heterocycles. The van der Waals surface area contributed by atoms with E-state index in [1.807, 2.05) is 68.1 Å². The smallest absolute Gasteiger partial charge is 0.249 e. The average Bonchev–Trinajstić information content (AvgIpc) is 2.65. The van der Waals surface area contributed by atoms with Gasteiger partial charge < -0.3 is 9.80 Å². The van der Waals surface area contributed by atoms with Crippen LogP contribution in [0, 0.1) is 13.8 Å². The summed E-state index contributed by atoms with van der Waals surface area (Å²) >= 11 is 0. The van der Waals surface area contributed by atoms with Crippen LogP contribution in [0.4, 0.5) is 5.69 Å². The monoisotopic (exact) mass is 350 g/mol. The van der Waals surface area contributed by atoms with Gasteiger partial charge in [-0.1, -0.05) is 42.5 Å². The molecular weight excluding hydrogens is 324 g/mol. The summed E-state index contributed by atoms with van der Waals surface area (Å²) in [5.41, 5.74) is 4.32. The average molecular weight is 350 g/mol. The molecule has 0 aliphatic carbocycles. The van der Waals surface area contributed by atoms with Crippen molar-refractivity contribution in [2.24, 2.45) is 0 Å². The minimum atomic E-state index is -0.424. The lowest BCUT2D eigenvalue weighted by atomic mass is 10.1. The predicted octanol–water partition coefficient (Wildman–Crippen LogP) is 3.50. The van der Waals surface area contributed by atoms with E-state index in [2.05, 4.69) is 6.07 Å². The first-order valence-corrected chi connectivity index (χ1v) is 9.19. The minimum absolute atomic E-state index is 0.00184. The van der Waals surface area contributed by atoms with Crippen LogP contribution in [0.15, 0.2) is 48.5 Å². The second-order valence-corrected chi connectivity index (χ2v) is 7.03. The van der Waals surface area contributed by atoms with Crippen LogP contribution >= 0.6 is 0 Å². The van der Waals surface area contributed by atoms with E-state index >= 15 is 0 Å². The van der Waals surface area contributed by atoms with Crippen molar-refractivity contribution in [1.82, 2.24) is 4.90 Å². The number of benzene rings is 2. The van der Waals surface area contributed by atoms with Gasteiger partial charge >= 0.3 is 0 Å². The summed E-state index contributed by atoms with van der Waals surface area (Å²) in [6.07, 6.45) is 1.14. The van der Waals surface area contributed by atoms with Crippen LogP contribution in [-0.4, -0.2) is 35.8 Å². The van der Waals surface area contributed by atoms with Crippen LogP contribution in [0.5, 0.6) is 0 Å². The summed E-state index contributed by atoms with van der Waals surface area (Å²) in [6, 6.07) is 15.7. The van der Waals surface area contributed by atoms with Crippen LogP contribution in [0.25, 0.3) is 0 Å². The maximum absolute atomic E-state index is 12.9. The predicted molar refractivity (Wildman–Crippen MR) is 104 cm³/mol. The van der Waals surface area contributed by atoms with E-state index < -0.39 is 6.04 Å². The highest BCUT2D eigenvalue weighted by Gasteiger charge is 2.35. The summed E-state index contributed by atoms with van der Waals surface area (Å²) in [5, 5.41) is 0. The number of amides is 2. The molecule has 1 fully saturated rings. The Morgan fingerprint density at radius 2 is 1.81 bits per heavy atom. The molecule has 1 heterocycles. The van der Waals surface area contributed by atoms with Crippen LogP contribution < -0.4 is 4.90 Å². The van der Waals surface area contributed by atoms with E-state index in [-0.39, 0.29) is 11.8 Å². The summed E-state index contributed by atoms with van der Waals surface area (Å²) in [4.78, 5) is 29.1. The lowest BCUT2D eigenvalue weighted by Gasteiger charge is -2.39. The first-order valence-electron chi connectivity index (χ1n) is 9.19. The van der Waals surface area contributed by atoms with E-state index in [0.717, 1.165) is 22.4 Å². The number of anilines is 1. The van der Waals surface area contributed by atoms with E-state index in [0.29, 0.717) is 25.9 Å². The normalized spacial score (nSPS) is 17.5. The molecule has 1 atom stereocenters. The quantitative estimate of drug-likeness (QED) is 0.847. The Balaban J connectivity index is 1.67. The highest BCUT2D eigenvalue weighted by molar-refractivity contribution is 6.00. The second kappa shape index (κ2) is 7.73. The van der Waals surface area contributed by atoms with E-state index in [9.17, 15) is 9.59 Å². The van der Waals surface area contributed by atoms with E-state index in [1.54, 1.807) is 4.90 Å². The topological polar surface area (TPSA) is 40.6 Å². The third-order valence-electron chi connectivity index (χ3n) is 5.10. The van der Waals surface area contributed by atoms with Crippen molar-refractivity contribution in [3.63, 3.8) is 0 Å². The lowest BCUT2D eigenvalue weighted by Crippen LogP contribution is -2.58. The van der Waals surface area contributed by atoms with Gasteiger partial charge in [-0.25, -0.2) is 0 Å². The van der Waals surface area contributed by atoms with Gasteiger partial charge in [-0.2, -0.15) is 0 Å². The van der Waals surface area contributed by atoms with Gasteiger partial charge in [-0.05, 0) is 49.9 Å². The number of nitrogens with zero attached hydrogens (tertiary/aromatic N) is 2. The lowest BCUT2D eigenvalue weighted by molar-refractivity contribution is -0.140. The van der Waals surface area contributed by atoms with Crippen molar-refractivity contribution < 1.29 is 9.59 Å². The molecule has 0 radical (unpaired) electrons. The van der Waals surface area contributed by atoms with Gasteiger partial charge in [0.1, 0.15) is 6.04 Å². The zero-order chi connectivity index (χ0) is 18.7. The Hall–Kier alpha value is -2.62. The molecule has 136 valence electrons. The Bertz CT molecular complexity index is 801.